The summed E-state index contributed by atoms with van der Waals surface area (Å²) >= 11 is 3.38. The molecular formula is C24H24BrN3O3. The molecule has 0 spiro atoms. The third-order valence-electron chi connectivity index (χ3n) is 4.78. The topological polar surface area (TPSA) is 72.7 Å². The zero-order chi connectivity index (χ0) is 22.4. The number of amides is 1. The van der Waals surface area contributed by atoms with Crippen molar-refractivity contribution in [2.24, 2.45) is 5.10 Å². The van der Waals surface area contributed by atoms with Gasteiger partial charge in [-0.3, -0.25) is 4.79 Å². The molecule has 0 aliphatic heterocycles. The lowest BCUT2D eigenvalue weighted by molar-refractivity contribution is -0.120. The fourth-order valence-corrected chi connectivity index (χ4v) is 3.54. The molecule has 31 heavy (non-hydrogen) atoms. The van der Waals surface area contributed by atoms with Crippen molar-refractivity contribution < 1.29 is 14.3 Å². The van der Waals surface area contributed by atoms with Crippen LogP contribution in [0.1, 0.15) is 39.8 Å². The Hall–Kier alpha value is -3.19. The largest absolute Gasteiger partial charge is 0.462 e. The van der Waals surface area contributed by atoms with E-state index in [2.05, 4.69) is 31.0 Å². The van der Waals surface area contributed by atoms with Crippen LogP contribution in [0.25, 0.3) is 5.69 Å². The van der Waals surface area contributed by atoms with Crippen molar-refractivity contribution in [1.82, 2.24) is 9.99 Å². The SMILES string of the molecule is CCOC(=O)c1ccc(-n2c(C)cc(/C=N\NC(=O)Cc3ccc(Br)cc3)c2C)cc1. The molecule has 7 heteroatoms. The number of carbonyl (C=O) groups is 2. The zero-order valence-corrected chi connectivity index (χ0v) is 19.3. The molecule has 0 atom stereocenters. The van der Waals surface area contributed by atoms with Gasteiger partial charge in [0.1, 0.15) is 0 Å². The normalized spacial score (nSPS) is 11.0. The van der Waals surface area contributed by atoms with Crippen LogP contribution in [0.4, 0.5) is 0 Å². The van der Waals surface area contributed by atoms with Gasteiger partial charge in [0.15, 0.2) is 0 Å². The Morgan fingerprint density at radius 1 is 1.10 bits per heavy atom. The van der Waals surface area contributed by atoms with Crippen molar-refractivity contribution in [3.63, 3.8) is 0 Å². The molecule has 0 unspecified atom stereocenters. The van der Waals surface area contributed by atoms with Crippen LogP contribution in [0.2, 0.25) is 0 Å². The molecular weight excluding hydrogens is 458 g/mol. The second kappa shape index (κ2) is 10.2. The van der Waals surface area contributed by atoms with Gasteiger partial charge in [0.05, 0.1) is 24.8 Å². The molecule has 6 nitrogen and oxygen atoms in total. The molecule has 0 saturated carbocycles. The fraction of sp³-hybridized carbons (Fsp3) is 0.208. The molecule has 0 aliphatic carbocycles. The smallest absolute Gasteiger partial charge is 0.338 e. The summed E-state index contributed by atoms with van der Waals surface area (Å²) < 4.78 is 8.07. The van der Waals surface area contributed by atoms with Gasteiger partial charge in [-0.1, -0.05) is 28.1 Å². The monoisotopic (exact) mass is 481 g/mol. The number of nitrogens with zero attached hydrogens (tertiary/aromatic N) is 2. The first-order valence-electron chi connectivity index (χ1n) is 9.92. The van der Waals surface area contributed by atoms with E-state index in [-0.39, 0.29) is 18.3 Å². The van der Waals surface area contributed by atoms with E-state index < -0.39 is 0 Å². The number of hydrogen-bond acceptors (Lipinski definition) is 4. The number of aromatic nitrogens is 1. The lowest BCUT2D eigenvalue weighted by atomic mass is 10.1. The van der Waals surface area contributed by atoms with Gasteiger partial charge in [-0.2, -0.15) is 5.10 Å². The van der Waals surface area contributed by atoms with Crippen LogP contribution in [0, 0.1) is 13.8 Å². The highest BCUT2D eigenvalue weighted by atomic mass is 79.9. The molecule has 0 bridgehead atoms. The molecule has 2 aromatic carbocycles. The van der Waals surface area contributed by atoms with E-state index in [1.54, 1.807) is 25.3 Å². The van der Waals surface area contributed by atoms with E-state index in [0.29, 0.717) is 12.2 Å². The van der Waals surface area contributed by atoms with Gasteiger partial charge in [-0.25, -0.2) is 10.2 Å². The first kappa shape index (κ1) is 22.5. The third kappa shape index (κ3) is 5.70. The van der Waals surface area contributed by atoms with Gasteiger partial charge in [-0.15, -0.1) is 0 Å². The number of aryl methyl sites for hydroxylation is 1. The van der Waals surface area contributed by atoms with E-state index >= 15 is 0 Å². The molecule has 0 aliphatic rings. The summed E-state index contributed by atoms with van der Waals surface area (Å²) in [5.41, 5.74) is 7.84. The predicted octanol–water partition coefficient (Wildman–Crippen LogP) is 4.73. The highest BCUT2D eigenvalue weighted by molar-refractivity contribution is 9.10. The fourth-order valence-electron chi connectivity index (χ4n) is 3.28. The average molecular weight is 482 g/mol. The van der Waals surface area contributed by atoms with Crippen molar-refractivity contribution in [1.29, 1.82) is 0 Å². The minimum Gasteiger partial charge on any atom is -0.462 e. The summed E-state index contributed by atoms with van der Waals surface area (Å²) in [5, 5.41) is 4.11. The van der Waals surface area contributed by atoms with Crippen LogP contribution in [-0.2, 0) is 16.0 Å². The van der Waals surface area contributed by atoms with Gasteiger partial charge < -0.3 is 9.30 Å². The van der Waals surface area contributed by atoms with Gasteiger partial charge >= 0.3 is 5.97 Å². The molecule has 3 aromatic rings. The van der Waals surface area contributed by atoms with E-state index in [9.17, 15) is 9.59 Å². The maximum atomic E-state index is 12.1. The van der Waals surface area contributed by atoms with Crippen LogP contribution >= 0.6 is 15.9 Å². The number of carbonyl (C=O) groups excluding carboxylic acids is 2. The van der Waals surface area contributed by atoms with Crippen molar-refractivity contribution in [3.8, 4) is 5.69 Å². The molecule has 0 radical (unpaired) electrons. The minimum absolute atomic E-state index is 0.179. The molecule has 160 valence electrons. The Labute approximate surface area is 190 Å². The van der Waals surface area contributed by atoms with Gasteiger partial charge in [-0.05, 0) is 68.8 Å². The summed E-state index contributed by atoms with van der Waals surface area (Å²) in [7, 11) is 0. The molecule has 0 saturated heterocycles. The first-order valence-corrected chi connectivity index (χ1v) is 10.7. The highest BCUT2D eigenvalue weighted by Crippen LogP contribution is 2.20. The van der Waals surface area contributed by atoms with Crippen LogP contribution in [0.15, 0.2) is 64.2 Å². The molecule has 0 fully saturated rings. The maximum Gasteiger partial charge on any atom is 0.338 e. The first-order chi connectivity index (χ1) is 14.9. The molecule has 1 N–H and O–H groups in total. The predicted molar refractivity (Wildman–Crippen MR) is 125 cm³/mol. The van der Waals surface area contributed by atoms with E-state index in [1.165, 1.54) is 0 Å². The number of hydrogen-bond donors (Lipinski definition) is 1. The lowest BCUT2D eigenvalue weighted by Gasteiger charge is -2.10. The Morgan fingerprint density at radius 3 is 2.42 bits per heavy atom. The van der Waals surface area contributed by atoms with E-state index in [0.717, 1.165) is 32.7 Å². The van der Waals surface area contributed by atoms with Crippen LogP contribution in [-0.4, -0.2) is 29.3 Å². The lowest BCUT2D eigenvalue weighted by Crippen LogP contribution is -2.19. The van der Waals surface area contributed by atoms with Crippen molar-refractivity contribution in [2.45, 2.75) is 27.2 Å². The van der Waals surface area contributed by atoms with Crippen molar-refractivity contribution >= 4 is 34.0 Å². The van der Waals surface area contributed by atoms with Crippen LogP contribution in [0.5, 0.6) is 0 Å². The Morgan fingerprint density at radius 2 is 1.77 bits per heavy atom. The zero-order valence-electron chi connectivity index (χ0n) is 17.7. The number of ether oxygens (including phenoxy) is 1. The summed E-state index contributed by atoms with van der Waals surface area (Å²) in [6, 6.07) is 16.9. The number of benzene rings is 2. The Bertz CT molecular complexity index is 1100. The van der Waals surface area contributed by atoms with Gasteiger partial charge in [0.2, 0.25) is 5.91 Å². The third-order valence-corrected chi connectivity index (χ3v) is 5.31. The molecule has 1 aromatic heterocycles. The Kier molecular flexibility index (Phi) is 7.41. The number of esters is 1. The second-order valence-electron chi connectivity index (χ2n) is 7.03. The van der Waals surface area contributed by atoms with E-state index in [1.807, 2.05) is 56.3 Å². The highest BCUT2D eigenvalue weighted by Gasteiger charge is 2.11. The number of nitrogens with one attached hydrogen (secondary N) is 1. The van der Waals surface area contributed by atoms with Crippen LogP contribution < -0.4 is 5.43 Å². The average Bonchev–Trinajstić information content (AvgIpc) is 3.03. The number of halogens is 1. The standard InChI is InChI=1S/C24H24BrN3O3/c1-4-31-24(30)19-7-11-22(12-8-19)28-16(2)13-20(17(28)3)15-26-27-23(29)14-18-5-9-21(25)10-6-18/h5-13,15H,4,14H2,1-3H3,(H,27,29)/b26-15-. The van der Waals surface area contributed by atoms with Gasteiger partial charge in [0.25, 0.3) is 0 Å². The van der Waals surface area contributed by atoms with Gasteiger partial charge in [0, 0.05) is 27.1 Å². The van der Waals surface area contributed by atoms with Crippen LogP contribution in [0.3, 0.4) is 0 Å². The van der Waals surface area contributed by atoms with E-state index in [4.69, 9.17) is 4.74 Å². The molecule has 1 amide bonds. The summed E-state index contributed by atoms with van der Waals surface area (Å²) in [5.74, 6) is -0.511. The van der Waals surface area contributed by atoms with Crippen molar-refractivity contribution in [2.75, 3.05) is 6.61 Å². The molecule has 1 heterocycles. The summed E-state index contributed by atoms with van der Waals surface area (Å²) in [6.07, 6.45) is 1.90. The minimum atomic E-state index is -0.332. The molecule has 3 rings (SSSR count). The number of rotatable bonds is 7. The summed E-state index contributed by atoms with van der Waals surface area (Å²) in [6.45, 7) is 6.11. The second-order valence-corrected chi connectivity index (χ2v) is 7.94. The number of hydrazone groups is 1. The quantitative estimate of drug-likeness (QED) is 0.301. The Balaban J connectivity index is 1.68. The summed E-state index contributed by atoms with van der Waals surface area (Å²) in [4.78, 5) is 24.0. The maximum absolute atomic E-state index is 12.1. The van der Waals surface area contributed by atoms with Crippen molar-refractivity contribution in [3.05, 3.63) is 87.1 Å².